The zero-order valence-corrected chi connectivity index (χ0v) is 9.77. The van der Waals surface area contributed by atoms with Gasteiger partial charge in [0.2, 0.25) is 0 Å². The van der Waals surface area contributed by atoms with Crippen molar-refractivity contribution in [2.45, 2.75) is 38.7 Å². The number of aromatic amines is 1. The zero-order valence-electron chi connectivity index (χ0n) is 9.77. The quantitative estimate of drug-likeness (QED) is 0.829. The Balaban J connectivity index is 2.26. The standard InChI is InChI=1S/C13H18N2O/c1-3-4-13(16)9(2)11-7-10-5-6-14-8-12(10)15-11/h5-9,13,15-16H,3-4H2,1-2H3. The molecule has 0 spiro atoms. The number of aliphatic hydroxyl groups excluding tert-OH is 1. The van der Waals surface area contributed by atoms with Crippen molar-refractivity contribution in [1.29, 1.82) is 0 Å². The lowest BCUT2D eigenvalue weighted by molar-refractivity contribution is 0.137. The highest BCUT2D eigenvalue weighted by Gasteiger charge is 2.17. The number of H-pyrrole nitrogens is 1. The Morgan fingerprint density at radius 3 is 3.00 bits per heavy atom. The third-order valence-corrected chi connectivity index (χ3v) is 3.10. The maximum atomic E-state index is 9.96. The van der Waals surface area contributed by atoms with Gasteiger partial charge in [-0.3, -0.25) is 4.98 Å². The molecule has 0 saturated heterocycles. The summed E-state index contributed by atoms with van der Waals surface area (Å²) < 4.78 is 0. The number of aromatic nitrogens is 2. The molecule has 2 N–H and O–H groups in total. The van der Waals surface area contributed by atoms with Crippen LogP contribution >= 0.6 is 0 Å². The Bertz CT molecular complexity index is 431. The number of rotatable bonds is 4. The number of fused-ring (bicyclic) bond motifs is 1. The first kappa shape index (κ1) is 11.1. The van der Waals surface area contributed by atoms with Crippen molar-refractivity contribution in [3.63, 3.8) is 0 Å². The van der Waals surface area contributed by atoms with Gasteiger partial charge in [-0.15, -0.1) is 0 Å². The summed E-state index contributed by atoms with van der Waals surface area (Å²) >= 11 is 0. The van der Waals surface area contributed by atoms with E-state index in [1.807, 2.05) is 12.3 Å². The molecule has 3 heteroatoms. The number of pyridine rings is 1. The van der Waals surface area contributed by atoms with E-state index in [1.165, 1.54) is 0 Å². The Morgan fingerprint density at radius 1 is 1.50 bits per heavy atom. The van der Waals surface area contributed by atoms with Crippen molar-refractivity contribution in [2.24, 2.45) is 0 Å². The number of hydrogen-bond donors (Lipinski definition) is 2. The molecule has 2 atom stereocenters. The molecule has 0 fully saturated rings. The SMILES string of the molecule is CCCC(O)C(C)c1cc2ccncc2[nH]1. The van der Waals surface area contributed by atoms with Crippen LogP contribution in [0.3, 0.4) is 0 Å². The second kappa shape index (κ2) is 4.66. The van der Waals surface area contributed by atoms with Gasteiger partial charge < -0.3 is 10.1 Å². The summed E-state index contributed by atoms with van der Waals surface area (Å²) in [5, 5.41) is 11.1. The summed E-state index contributed by atoms with van der Waals surface area (Å²) in [6.07, 6.45) is 5.18. The summed E-state index contributed by atoms with van der Waals surface area (Å²) in [7, 11) is 0. The lowest BCUT2D eigenvalue weighted by atomic mass is 9.97. The molecule has 0 saturated carbocycles. The molecule has 86 valence electrons. The molecule has 0 aromatic carbocycles. The van der Waals surface area contributed by atoms with Gasteiger partial charge in [-0.1, -0.05) is 20.3 Å². The minimum absolute atomic E-state index is 0.146. The van der Waals surface area contributed by atoms with Gasteiger partial charge in [0.05, 0.1) is 17.8 Å². The van der Waals surface area contributed by atoms with Crippen molar-refractivity contribution in [3.05, 3.63) is 30.2 Å². The third-order valence-electron chi connectivity index (χ3n) is 3.10. The van der Waals surface area contributed by atoms with Crippen molar-refractivity contribution >= 4 is 10.9 Å². The molecule has 2 aromatic heterocycles. The van der Waals surface area contributed by atoms with Gasteiger partial charge in [0, 0.05) is 23.2 Å². The molecular formula is C13H18N2O. The maximum Gasteiger partial charge on any atom is 0.0642 e. The van der Waals surface area contributed by atoms with E-state index in [4.69, 9.17) is 0 Å². The lowest BCUT2D eigenvalue weighted by Crippen LogP contribution is -2.15. The van der Waals surface area contributed by atoms with Crippen LogP contribution in [-0.2, 0) is 0 Å². The normalized spacial score (nSPS) is 15.2. The van der Waals surface area contributed by atoms with E-state index < -0.39 is 0 Å². The van der Waals surface area contributed by atoms with Crippen molar-refractivity contribution < 1.29 is 5.11 Å². The molecular weight excluding hydrogens is 200 g/mol. The van der Waals surface area contributed by atoms with Gasteiger partial charge in [0.15, 0.2) is 0 Å². The van der Waals surface area contributed by atoms with E-state index in [0.29, 0.717) is 0 Å². The second-order valence-electron chi connectivity index (χ2n) is 4.33. The predicted octanol–water partition coefficient (Wildman–Crippen LogP) is 2.83. The second-order valence-corrected chi connectivity index (χ2v) is 4.33. The van der Waals surface area contributed by atoms with Crippen molar-refractivity contribution in [2.75, 3.05) is 0 Å². The molecule has 0 aliphatic heterocycles. The van der Waals surface area contributed by atoms with Crippen LogP contribution in [0.1, 0.15) is 38.3 Å². The minimum atomic E-state index is -0.272. The number of nitrogens with one attached hydrogen (secondary N) is 1. The first-order chi connectivity index (χ1) is 7.72. The van der Waals surface area contributed by atoms with Gasteiger partial charge in [-0.2, -0.15) is 0 Å². The molecule has 0 radical (unpaired) electrons. The third kappa shape index (κ3) is 2.09. The molecule has 0 bridgehead atoms. The molecule has 2 heterocycles. The number of nitrogens with zero attached hydrogens (tertiary/aromatic N) is 1. The summed E-state index contributed by atoms with van der Waals surface area (Å²) in [4.78, 5) is 7.39. The van der Waals surface area contributed by atoms with Gasteiger partial charge in [0.25, 0.3) is 0 Å². The maximum absolute atomic E-state index is 9.96. The Labute approximate surface area is 95.5 Å². The zero-order chi connectivity index (χ0) is 11.5. The Hall–Kier alpha value is -1.35. The summed E-state index contributed by atoms with van der Waals surface area (Å²) in [5.41, 5.74) is 2.12. The predicted molar refractivity (Wildman–Crippen MR) is 65.4 cm³/mol. The fourth-order valence-corrected chi connectivity index (χ4v) is 1.99. The molecule has 2 unspecified atom stereocenters. The largest absolute Gasteiger partial charge is 0.392 e. The number of hydrogen-bond acceptors (Lipinski definition) is 2. The van der Waals surface area contributed by atoms with Gasteiger partial charge in [0.1, 0.15) is 0 Å². The molecule has 2 rings (SSSR count). The highest BCUT2D eigenvalue weighted by Crippen LogP contribution is 2.24. The van der Waals surface area contributed by atoms with Crippen LogP contribution in [-0.4, -0.2) is 21.2 Å². The van der Waals surface area contributed by atoms with Crippen LogP contribution in [0.4, 0.5) is 0 Å². The van der Waals surface area contributed by atoms with E-state index in [9.17, 15) is 5.11 Å². The number of aliphatic hydroxyl groups is 1. The fraction of sp³-hybridized carbons (Fsp3) is 0.462. The van der Waals surface area contributed by atoms with Crippen molar-refractivity contribution in [1.82, 2.24) is 9.97 Å². The van der Waals surface area contributed by atoms with Crippen LogP contribution < -0.4 is 0 Å². The summed E-state index contributed by atoms with van der Waals surface area (Å²) in [5.74, 6) is 0.146. The van der Waals surface area contributed by atoms with Crippen LogP contribution in [0.2, 0.25) is 0 Å². The van der Waals surface area contributed by atoms with E-state index in [1.54, 1.807) is 6.20 Å². The van der Waals surface area contributed by atoms with E-state index >= 15 is 0 Å². The smallest absolute Gasteiger partial charge is 0.0642 e. The molecule has 0 aliphatic rings. The van der Waals surface area contributed by atoms with Gasteiger partial charge >= 0.3 is 0 Å². The molecule has 16 heavy (non-hydrogen) atoms. The average Bonchev–Trinajstić information content (AvgIpc) is 2.71. The molecule has 3 nitrogen and oxygen atoms in total. The Kier molecular flexibility index (Phi) is 3.25. The molecule has 0 amide bonds. The average molecular weight is 218 g/mol. The van der Waals surface area contributed by atoms with Crippen LogP contribution in [0, 0.1) is 0 Å². The fourth-order valence-electron chi connectivity index (χ4n) is 1.99. The minimum Gasteiger partial charge on any atom is -0.392 e. The highest BCUT2D eigenvalue weighted by molar-refractivity contribution is 5.79. The van der Waals surface area contributed by atoms with E-state index in [2.05, 4.69) is 29.9 Å². The molecule has 0 aliphatic carbocycles. The van der Waals surface area contributed by atoms with E-state index in [-0.39, 0.29) is 12.0 Å². The van der Waals surface area contributed by atoms with Crippen LogP contribution in [0.15, 0.2) is 24.5 Å². The lowest BCUT2D eigenvalue weighted by Gasteiger charge is -2.16. The first-order valence-electron chi connectivity index (χ1n) is 5.83. The summed E-state index contributed by atoms with van der Waals surface area (Å²) in [6.45, 7) is 4.14. The van der Waals surface area contributed by atoms with Crippen LogP contribution in [0.5, 0.6) is 0 Å². The Morgan fingerprint density at radius 2 is 2.31 bits per heavy atom. The monoisotopic (exact) mass is 218 g/mol. The van der Waals surface area contributed by atoms with Crippen LogP contribution in [0.25, 0.3) is 10.9 Å². The molecule has 2 aromatic rings. The summed E-state index contributed by atoms with van der Waals surface area (Å²) in [6, 6.07) is 4.08. The van der Waals surface area contributed by atoms with Gasteiger partial charge in [-0.25, -0.2) is 0 Å². The first-order valence-corrected chi connectivity index (χ1v) is 5.83. The topological polar surface area (TPSA) is 48.9 Å². The van der Waals surface area contributed by atoms with Crippen molar-refractivity contribution in [3.8, 4) is 0 Å². The van der Waals surface area contributed by atoms with E-state index in [0.717, 1.165) is 29.4 Å². The highest BCUT2D eigenvalue weighted by atomic mass is 16.3. The van der Waals surface area contributed by atoms with Gasteiger partial charge in [-0.05, 0) is 18.6 Å².